The fraction of sp³-hybridized carbons (Fsp3) is 0.350. The van der Waals surface area contributed by atoms with Crippen LogP contribution in [0.4, 0.5) is 0 Å². The molecular formula is C20H22N2O3S. The highest BCUT2D eigenvalue weighted by atomic mass is 32.1. The Hall–Kier alpha value is -2.47. The first-order chi connectivity index (χ1) is 12.1. The van der Waals surface area contributed by atoms with Crippen LogP contribution in [0.1, 0.15) is 31.2 Å². The van der Waals surface area contributed by atoms with Gasteiger partial charge in [0.1, 0.15) is 4.83 Å². The van der Waals surface area contributed by atoms with Gasteiger partial charge in [-0.15, -0.1) is 11.3 Å². The maximum absolute atomic E-state index is 13.2. The summed E-state index contributed by atoms with van der Waals surface area (Å²) in [5.74, 6) is -0.0529. The van der Waals surface area contributed by atoms with E-state index in [0.717, 1.165) is 15.0 Å². The highest BCUT2D eigenvalue weighted by Gasteiger charge is 2.25. The molecule has 0 saturated heterocycles. The first-order valence-corrected chi connectivity index (χ1v) is 9.29. The first kappa shape index (κ1) is 18.3. The molecular weight excluding hydrogens is 348 g/mol. The summed E-state index contributed by atoms with van der Waals surface area (Å²) >= 11 is 1.39. The number of benzene rings is 1. The van der Waals surface area contributed by atoms with Crippen LogP contribution in [0.5, 0.6) is 0 Å². The minimum Gasteiger partial charge on any atom is -0.297 e. The number of carbonyl (C=O) groups excluding carboxylic acids is 1. The van der Waals surface area contributed by atoms with Crippen LogP contribution in [0.2, 0.25) is 0 Å². The topological polar surface area (TPSA) is 61.1 Å². The van der Waals surface area contributed by atoms with Gasteiger partial charge in [-0.3, -0.25) is 14.2 Å². The molecule has 0 spiro atoms. The molecule has 0 aliphatic rings. The predicted octanol–water partition coefficient (Wildman–Crippen LogP) is 3.45. The molecule has 26 heavy (non-hydrogen) atoms. The maximum atomic E-state index is 13.2. The van der Waals surface area contributed by atoms with Crippen molar-refractivity contribution in [3.05, 3.63) is 61.6 Å². The second-order valence-electron chi connectivity index (χ2n) is 7.48. The molecule has 1 aromatic carbocycles. The fourth-order valence-corrected chi connectivity index (χ4v) is 3.92. The third kappa shape index (κ3) is 2.94. The van der Waals surface area contributed by atoms with E-state index < -0.39 is 11.1 Å². The highest BCUT2D eigenvalue weighted by Crippen LogP contribution is 2.27. The number of carbonyl (C=O) groups is 1. The normalized spacial score (nSPS) is 11.9. The molecule has 0 N–H and O–H groups in total. The molecule has 0 amide bonds. The average molecular weight is 370 g/mol. The number of hydrogen-bond acceptors (Lipinski definition) is 4. The standard InChI is InChI=1S/C20H22N2O3S/c1-12-13(2)26-18-16(12)17(24)22(14-9-7-6-8-10-14)19(25)21(18)11-15(23)20(3,4)5/h6-10H,11H2,1-5H3. The summed E-state index contributed by atoms with van der Waals surface area (Å²) < 4.78 is 2.61. The SMILES string of the molecule is Cc1sc2c(c1C)c(=O)n(-c1ccccc1)c(=O)n2CC(=O)C(C)(C)C. The Morgan fingerprint density at radius 3 is 2.27 bits per heavy atom. The van der Waals surface area contributed by atoms with Gasteiger partial charge in [0, 0.05) is 10.3 Å². The molecule has 6 heteroatoms. The fourth-order valence-electron chi connectivity index (χ4n) is 2.78. The Morgan fingerprint density at radius 2 is 1.69 bits per heavy atom. The Bertz CT molecular complexity index is 1110. The minimum atomic E-state index is -0.569. The number of hydrogen-bond donors (Lipinski definition) is 0. The smallest absolute Gasteiger partial charge is 0.297 e. The number of fused-ring (bicyclic) bond motifs is 1. The van der Waals surface area contributed by atoms with Crippen LogP contribution in [0.3, 0.4) is 0 Å². The Labute approximate surface area is 155 Å². The van der Waals surface area contributed by atoms with Gasteiger partial charge in [0.25, 0.3) is 5.56 Å². The summed E-state index contributed by atoms with van der Waals surface area (Å²) in [5.41, 5.74) is -0.0211. The van der Waals surface area contributed by atoms with Gasteiger partial charge >= 0.3 is 5.69 Å². The Balaban J connectivity index is 2.40. The minimum absolute atomic E-state index is 0.0503. The van der Waals surface area contributed by atoms with Crippen molar-refractivity contribution >= 4 is 27.3 Å². The van der Waals surface area contributed by atoms with Crippen molar-refractivity contribution in [3.63, 3.8) is 0 Å². The van der Waals surface area contributed by atoms with Gasteiger partial charge in [0.05, 0.1) is 17.6 Å². The van der Waals surface area contributed by atoms with E-state index in [4.69, 9.17) is 0 Å². The van der Waals surface area contributed by atoms with E-state index in [1.54, 1.807) is 24.3 Å². The van der Waals surface area contributed by atoms with Crippen molar-refractivity contribution in [2.45, 2.75) is 41.2 Å². The van der Waals surface area contributed by atoms with Crippen LogP contribution in [-0.2, 0) is 11.3 Å². The molecule has 3 aromatic rings. The molecule has 0 unspecified atom stereocenters. The monoisotopic (exact) mass is 370 g/mol. The third-order valence-electron chi connectivity index (χ3n) is 4.60. The number of rotatable bonds is 3. The quantitative estimate of drug-likeness (QED) is 0.709. The molecule has 0 radical (unpaired) electrons. The molecule has 0 fully saturated rings. The van der Waals surface area contributed by atoms with Crippen molar-refractivity contribution < 1.29 is 4.79 Å². The van der Waals surface area contributed by atoms with Crippen molar-refractivity contribution in [2.24, 2.45) is 5.41 Å². The van der Waals surface area contributed by atoms with E-state index >= 15 is 0 Å². The van der Waals surface area contributed by atoms with Gasteiger partial charge in [-0.1, -0.05) is 39.0 Å². The van der Waals surface area contributed by atoms with Gasteiger partial charge in [0.2, 0.25) is 0 Å². The van der Waals surface area contributed by atoms with Gasteiger partial charge in [-0.2, -0.15) is 0 Å². The summed E-state index contributed by atoms with van der Waals surface area (Å²) in [5, 5.41) is 0.512. The van der Waals surface area contributed by atoms with Crippen LogP contribution in [0.25, 0.3) is 15.9 Å². The van der Waals surface area contributed by atoms with Crippen molar-refractivity contribution in [2.75, 3.05) is 0 Å². The molecule has 0 aliphatic heterocycles. The average Bonchev–Trinajstić information content (AvgIpc) is 2.87. The summed E-state index contributed by atoms with van der Waals surface area (Å²) in [6, 6.07) is 8.83. The molecule has 0 bridgehead atoms. The second kappa shape index (κ2) is 6.36. The van der Waals surface area contributed by atoms with E-state index in [0.29, 0.717) is 15.9 Å². The van der Waals surface area contributed by atoms with Crippen molar-refractivity contribution in [1.29, 1.82) is 0 Å². The lowest BCUT2D eigenvalue weighted by molar-refractivity contribution is -0.126. The van der Waals surface area contributed by atoms with Crippen LogP contribution < -0.4 is 11.2 Å². The zero-order valence-corrected chi connectivity index (χ0v) is 16.4. The molecule has 5 nitrogen and oxygen atoms in total. The van der Waals surface area contributed by atoms with Crippen LogP contribution >= 0.6 is 11.3 Å². The largest absolute Gasteiger partial charge is 0.337 e. The molecule has 0 atom stereocenters. The highest BCUT2D eigenvalue weighted by molar-refractivity contribution is 7.18. The van der Waals surface area contributed by atoms with Crippen LogP contribution in [-0.4, -0.2) is 14.9 Å². The number of Topliss-reactive ketones (excluding diaryl/α,β-unsaturated/α-hetero) is 1. The van der Waals surface area contributed by atoms with Crippen molar-refractivity contribution in [1.82, 2.24) is 9.13 Å². The van der Waals surface area contributed by atoms with E-state index in [-0.39, 0.29) is 17.9 Å². The van der Waals surface area contributed by atoms with Crippen LogP contribution in [0, 0.1) is 19.3 Å². The zero-order chi connectivity index (χ0) is 19.2. The van der Waals surface area contributed by atoms with Gasteiger partial charge in [0.15, 0.2) is 5.78 Å². The molecule has 0 saturated carbocycles. The zero-order valence-electron chi connectivity index (χ0n) is 15.6. The van der Waals surface area contributed by atoms with Gasteiger partial charge in [-0.05, 0) is 31.5 Å². The summed E-state index contributed by atoms with van der Waals surface area (Å²) in [6.07, 6.45) is 0. The number of thiophene rings is 1. The Kier molecular flexibility index (Phi) is 4.48. The van der Waals surface area contributed by atoms with Gasteiger partial charge in [-0.25, -0.2) is 9.36 Å². The van der Waals surface area contributed by atoms with Crippen molar-refractivity contribution in [3.8, 4) is 5.69 Å². The number of para-hydroxylation sites is 1. The van der Waals surface area contributed by atoms with Gasteiger partial charge < -0.3 is 0 Å². The summed E-state index contributed by atoms with van der Waals surface area (Å²) in [7, 11) is 0. The van der Waals surface area contributed by atoms with E-state index in [1.165, 1.54) is 15.9 Å². The molecule has 2 heterocycles. The molecule has 136 valence electrons. The third-order valence-corrected chi connectivity index (χ3v) is 5.83. The lowest BCUT2D eigenvalue weighted by Gasteiger charge is -2.18. The second-order valence-corrected chi connectivity index (χ2v) is 8.68. The van der Waals surface area contributed by atoms with E-state index in [1.807, 2.05) is 40.7 Å². The molecule has 2 aromatic heterocycles. The maximum Gasteiger partial charge on any atom is 0.337 e. The summed E-state index contributed by atoms with van der Waals surface area (Å²) in [6.45, 7) is 9.24. The van der Waals surface area contributed by atoms with Crippen LogP contribution in [0.15, 0.2) is 39.9 Å². The predicted molar refractivity (Wildman–Crippen MR) is 106 cm³/mol. The number of aromatic nitrogens is 2. The number of nitrogens with zero attached hydrogens (tertiary/aromatic N) is 2. The molecule has 3 rings (SSSR count). The lowest BCUT2D eigenvalue weighted by atomic mass is 9.91. The lowest BCUT2D eigenvalue weighted by Crippen LogP contribution is -2.41. The number of aryl methyl sites for hydroxylation is 2. The van der Waals surface area contributed by atoms with E-state index in [9.17, 15) is 14.4 Å². The van der Waals surface area contributed by atoms with E-state index in [2.05, 4.69) is 0 Å². The summed E-state index contributed by atoms with van der Waals surface area (Å²) in [4.78, 5) is 40.4. The number of ketones is 1. The first-order valence-electron chi connectivity index (χ1n) is 8.47. The Morgan fingerprint density at radius 1 is 1.08 bits per heavy atom. The molecule has 0 aliphatic carbocycles.